The summed E-state index contributed by atoms with van der Waals surface area (Å²) in [5, 5.41) is 1.96. The summed E-state index contributed by atoms with van der Waals surface area (Å²) >= 11 is 0. The summed E-state index contributed by atoms with van der Waals surface area (Å²) in [5.74, 6) is 3.08. The number of nitrogens with zero attached hydrogens (tertiary/aromatic N) is 1. The third-order valence-corrected chi connectivity index (χ3v) is 7.91. The summed E-state index contributed by atoms with van der Waals surface area (Å²) in [4.78, 5) is 13.5. The first-order valence-electron chi connectivity index (χ1n) is 13.5. The lowest BCUT2D eigenvalue weighted by Gasteiger charge is -2.22. The molecule has 6 nitrogen and oxygen atoms in total. The molecular weight excluding hydrogens is 466 g/mol. The maximum atomic E-state index is 13.5. The Balaban J connectivity index is 1.46. The quantitative estimate of drug-likeness (QED) is 0.192. The van der Waals surface area contributed by atoms with Crippen molar-refractivity contribution in [3.63, 3.8) is 0 Å². The Morgan fingerprint density at radius 2 is 1.68 bits per heavy atom. The zero-order chi connectivity index (χ0) is 25.5. The molecule has 0 amide bonds. The number of aromatic nitrogens is 1. The van der Waals surface area contributed by atoms with Crippen molar-refractivity contribution < 1.29 is 28.3 Å². The van der Waals surface area contributed by atoms with Crippen LogP contribution in [0.25, 0.3) is 27.6 Å². The van der Waals surface area contributed by atoms with Gasteiger partial charge in [-0.1, -0.05) is 45.6 Å². The van der Waals surface area contributed by atoms with Crippen molar-refractivity contribution in [3.05, 3.63) is 47.7 Å². The molecule has 0 saturated carbocycles. The van der Waals surface area contributed by atoms with Gasteiger partial charge in [-0.3, -0.25) is 4.79 Å². The maximum Gasteiger partial charge on any atom is 0.231 e. The van der Waals surface area contributed by atoms with Crippen LogP contribution in [0.15, 0.2) is 30.8 Å². The van der Waals surface area contributed by atoms with Gasteiger partial charge in [-0.25, -0.2) is 0 Å². The van der Waals surface area contributed by atoms with E-state index in [0.717, 1.165) is 70.6 Å². The Hall–Kier alpha value is -3.54. The number of aryl methyl sites for hydroxylation is 2. The van der Waals surface area contributed by atoms with Crippen LogP contribution in [0.1, 0.15) is 68.7 Å². The standard InChI is InChI=1S/C31H34NO5/c1-4-5-6-7-8-9-10-24(33)20(3)30-28-22(11-12-25-31(28)37-18-34-25)19(2)29-23-16-27-26(35-17-36-27)15-21(23)13-14-32(29)30/h11-12,15-16H,3-10,13-14,17-18H2,1-2H3/q+1. The third kappa shape index (κ3) is 4.03. The van der Waals surface area contributed by atoms with E-state index in [0.29, 0.717) is 23.5 Å². The fourth-order valence-electron chi connectivity index (χ4n) is 5.97. The third-order valence-electron chi connectivity index (χ3n) is 7.91. The van der Waals surface area contributed by atoms with Crippen molar-refractivity contribution in [2.24, 2.45) is 0 Å². The van der Waals surface area contributed by atoms with Crippen LogP contribution in [0.3, 0.4) is 0 Å². The number of pyridine rings is 1. The topological polar surface area (TPSA) is 57.9 Å². The Labute approximate surface area is 217 Å². The van der Waals surface area contributed by atoms with Gasteiger partial charge in [0, 0.05) is 23.8 Å². The highest BCUT2D eigenvalue weighted by atomic mass is 16.7. The molecule has 0 unspecified atom stereocenters. The molecule has 1 aromatic heterocycles. The van der Waals surface area contributed by atoms with Crippen molar-refractivity contribution in [1.82, 2.24) is 0 Å². The van der Waals surface area contributed by atoms with Crippen LogP contribution in [-0.2, 0) is 17.8 Å². The smallest absolute Gasteiger partial charge is 0.231 e. The van der Waals surface area contributed by atoms with E-state index in [4.69, 9.17) is 18.9 Å². The first kappa shape index (κ1) is 23.8. The number of rotatable bonds is 9. The molecule has 0 N–H and O–H groups in total. The van der Waals surface area contributed by atoms with E-state index in [9.17, 15) is 4.79 Å². The van der Waals surface area contributed by atoms with Gasteiger partial charge in [0.1, 0.15) is 5.39 Å². The average Bonchev–Trinajstić information content (AvgIpc) is 3.58. The van der Waals surface area contributed by atoms with Crippen molar-refractivity contribution in [2.45, 2.75) is 71.8 Å². The Kier molecular flexibility index (Phi) is 6.27. The average molecular weight is 501 g/mol. The maximum absolute atomic E-state index is 13.5. The Morgan fingerprint density at radius 3 is 2.51 bits per heavy atom. The van der Waals surface area contributed by atoms with Crippen LogP contribution in [-0.4, -0.2) is 19.4 Å². The summed E-state index contributed by atoms with van der Waals surface area (Å²) < 4.78 is 25.3. The molecule has 4 heterocycles. The van der Waals surface area contributed by atoms with E-state index in [-0.39, 0.29) is 19.4 Å². The number of ether oxygens (including phenoxy) is 4. The minimum atomic E-state index is 0.100. The van der Waals surface area contributed by atoms with Crippen LogP contribution < -0.4 is 23.5 Å². The lowest BCUT2D eigenvalue weighted by Crippen LogP contribution is -2.45. The molecule has 0 bridgehead atoms. The van der Waals surface area contributed by atoms with E-state index in [2.05, 4.69) is 43.2 Å². The number of carbonyl (C=O) groups is 1. The first-order valence-corrected chi connectivity index (χ1v) is 13.5. The second kappa shape index (κ2) is 9.73. The molecule has 0 radical (unpaired) electrons. The molecule has 6 rings (SSSR count). The molecule has 0 spiro atoms. The fourth-order valence-corrected chi connectivity index (χ4v) is 5.97. The molecule has 3 aromatic rings. The predicted octanol–water partition coefficient (Wildman–Crippen LogP) is 6.45. The number of carbonyl (C=O) groups excluding carboxylic acids is 1. The molecule has 0 fully saturated rings. The predicted molar refractivity (Wildman–Crippen MR) is 142 cm³/mol. The van der Waals surface area contributed by atoms with Gasteiger partial charge in [0.2, 0.25) is 25.0 Å². The van der Waals surface area contributed by atoms with E-state index >= 15 is 0 Å². The molecule has 6 heteroatoms. The number of benzene rings is 2. The molecule has 0 atom stereocenters. The number of Topliss-reactive ketones (excluding diaryl/α,β-unsaturated/α-hetero) is 1. The van der Waals surface area contributed by atoms with Crippen LogP contribution >= 0.6 is 0 Å². The van der Waals surface area contributed by atoms with Gasteiger partial charge >= 0.3 is 0 Å². The monoisotopic (exact) mass is 500 g/mol. The largest absolute Gasteiger partial charge is 0.454 e. The van der Waals surface area contributed by atoms with Crippen molar-refractivity contribution in [3.8, 4) is 34.3 Å². The van der Waals surface area contributed by atoms with Gasteiger partial charge in [0.25, 0.3) is 0 Å². The second-order valence-corrected chi connectivity index (χ2v) is 10.2. The van der Waals surface area contributed by atoms with E-state index in [1.54, 1.807) is 0 Å². The normalized spacial score (nSPS) is 14.5. The van der Waals surface area contributed by atoms with Gasteiger partial charge in [0.15, 0.2) is 35.3 Å². The molecule has 2 aromatic carbocycles. The van der Waals surface area contributed by atoms with Gasteiger partial charge in [0.05, 0.1) is 11.1 Å². The van der Waals surface area contributed by atoms with Crippen LogP contribution in [0.4, 0.5) is 0 Å². The Morgan fingerprint density at radius 1 is 0.946 bits per heavy atom. The molecule has 3 aliphatic rings. The zero-order valence-electron chi connectivity index (χ0n) is 21.8. The highest BCUT2D eigenvalue weighted by Crippen LogP contribution is 2.46. The van der Waals surface area contributed by atoms with Crippen LogP contribution in [0.2, 0.25) is 0 Å². The van der Waals surface area contributed by atoms with E-state index in [1.807, 2.05) is 6.07 Å². The fraction of sp³-hybridized carbons (Fsp3) is 0.419. The van der Waals surface area contributed by atoms with Gasteiger partial charge in [-0.15, -0.1) is 0 Å². The molecule has 192 valence electrons. The minimum Gasteiger partial charge on any atom is -0.454 e. The molecule has 0 aliphatic carbocycles. The lowest BCUT2D eigenvalue weighted by molar-refractivity contribution is -0.688. The number of hydrogen-bond acceptors (Lipinski definition) is 5. The summed E-state index contributed by atoms with van der Waals surface area (Å²) in [6.07, 6.45) is 8.20. The second-order valence-electron chi connectivity index (χ2n) is 10.2. The summed E-state index contributed by atoms with van der Waals surface area (Å²) in [6, 6.07) is 8.22. The SMILES string of the molecule is C=C(C(=O)CCCCCCCC)c1c2c3c(ccc2c(C)c2[n+]1CCc1cc4c(cc1-2)OCO4)OCO3. The van der Waals surface area contributed by atoms with Crippen LogP contribution in [0, 0.1) is 6.92 Å². The van der Waals surface area contributed by atoms with Crippen molar-refractivity contribution in [1.29, 1.82) is 0 Å². The molecule has 0 saturated heterocycles. The van der Waals surface area contributed by atoms with Crippen molar-refractivity contribution >= 4 is 22.1 Å². The van der Waals surface area contributed by atoms with Gasteiger partial charge < -0.3 is 18.9 Å². The molecule has 3 aliphatic heterocycles. The summed E-state index contributed by atoms with van der Waals surface area (Å²) in [7, 11) is 0. The number of allylic oxidation sites excluding steroid dienone is 1. The number of fused-ring (bicyclic) bond motifs is 7. The highest BCUT2D eigenvalue weighted by molar-refractivity contribution is 6.22. The van der Waals surface area contributed by atoms with Crippen LogP contribution in [0.5, 0.6) is 23.0 Å². The first-order chi connectivity index (χ1) is 18.1. The van der Waals surface area contributed by atoms with Gasteiger partial charge in [-0.2, -0.15) is 4.57 Å². The molecule has 37 heavy (non-hydrogen) atoms. The minimum absolute atomic E-state index is 0.100. The zero-order valence-corrected chi connectivity index (χ0v) is 21.8. The Bertz CT molecular complexity index is 1420. The lowest BCUT2D eigenvalue weighted by atomic mass is 9.88. The number of hydrogen-bond donors (Lipinski definition) is 0. The summed E-state index contributed by atoms with van der Waals surface area (Å²) in [5.41, 5.74) is 5.96. The summed E-state index contributed by atoms with van der Waals surface area (Å²) in [6.45, 7) is 9.89. The van der Waals surface area contributed by atoms with Crippen molar-refractivity contribution in [2.75, 3.05) is 13.6 Å². The molecular formula is C31H34NO5+. The van der Waals surface area contributed by atoms with E-state index in [1.165, 1.54) is 31.2 Å². The van der Waals surface area contributed by atoms with Gasteiger partial charge in [-0.05, 0) is 43.2 Å². The highest BCUT2D eigenvalue weighted by Gasteiger charge is 2.37. The van der Waals surface area contributed by atoms with E-state index < -0.39 is 0 Å². The number of ketones is 1. The number of unbranched alkanes of at least 4 members (excludes halogenated alkanes) is 5.